The normalized spacial score (nSPS) is 17.3. The van der Waals surface area contributed by atoms with Crippen molar-refractivity contribution < 1.29 is 4.79 Å². The minimum atomic E-state index is 0.244. The fourth-order valence-corrected chi connectivity index (χ4v) is 3.20. The van der Waals surface area contributed by atoms with E-state index >= 15 is 0 Å². The molecule has 2 aromatic carbocycles. The first-order valence-electron chi connectivity index (χ1n) is 7.38. The highest BCUT2D eigenvalue weighted by atomic mass is 16.1. The lowest BCUT2D eigenvalue weighted by atomic mass is 9.89. The maximum absolute atomic E-state index is 12.8. The molecular weight excluding hydrogens is 232 g/mol. The van der Waals surface area contributed by atoms with E-state index in [2.05, 4.69) is 18.2 Å². The predicted molar refractivity (Wildman–Crippen MR) is 79.5 cm³/mol. The summed E-state index contributed by atoms with van der Waals surface area (Å²) in [5.74, 6) is 0.604. The van der Waals surface area contributed by atoms with Gasteiger partial charge in [0.05, 0.1) is 0 Å². The molecule has 98 valence electrons. The van der Waals surface area contributed by atoms with Gasteiger partial charge in [0.25, 0.3) is 0 Å². The Morgan fingerprint density at radius 1 is 0.842 bits per heavy atom. The van der Waals surface area contributed by atoms with Crippen LogP contribution in [0.2, 0.25) is 0 Å². The quantitative estimate of drug-likeness (QED) is 0.543. The monoisotopic (exact) mass is 252 g/mol. The second-order valence-electron chi connectivity index (χ2n) is 5.58. The SMILES string of the molecule is O=C(c1cccc2ccccc12)C1CCCCCC1. The van der Waals surface area contributed by atoms with Crippen LogP contribution in [0.3, 0.4) is 0 Å². The average Bonchev–Trinajstić information content (AvgIpc) is 2.75. The fraction of sp³-hybridized carbons (Fsp3) is 0.389. The molecule has 0 unspecified atom stereocenters. The summed E-state index contributed by atoms with van der Waals surface area (Å²) in [7, 11) is 0. The highest BCUT2D eigenvalue weighted by molar-refractivity contribution is 6.09. The maximum Gasteiger partial charge on any atom is 0.166 e. The number of hydrogen-bond acceptors (Lipinski definition) is 1. The summed E-state index contributed by atoms with van der Waals surface area (Å²) in [6.45, 7) is 0. The lowest BCUT2D eigenvalue weighted by Crippen LogP contribution is -2.14. The van der Waals surface area contributed by atoms with Gasteiger partial charge in [0.1, 0.15) is 0 Å². The first-order valence-corrected chi connectivity index (χ1v) is 7.38. The molecule has 0 saturated heterocycles. The highest BCUT2D eigenvalue weighted by Gasteiger charge is 2.22. The van der Waals surface area contributed by atoms with Crippen molar-refractivity contribution in [2.75, 3.05) is 0 Å². The van der Waals surface area contributed by atoms with E-state index in [-0.39, 0.29) is 5.92 Å². The van der Waals surface area contributed by atoms with Gasteiger partial charge in [0, 0.05) is 11.5 Å². The fourth-order valence-electron chi connectivity index (χ4n) is 3.20. The molecular formula is C18H20O. The molecule has 0 aliphatic heterocycles. The smallest absolute Gasteiger partial charge is 0.166 e. The van der Waals surface area contributed by atoms with Crippen LogP contribution in [0.1, 0.15) is 48.9 Å². The predicted octanol–water partition coefficient (Wildman–Crippen LogP) is 4.99. The zero-order valence-corrected chi connectivity index (χ0v) is 11.3. The van der Waals surface area contributed by atoms with E-state index in [0.29, 0.717) is 5.78 Å². The molecule has 3 rings (SSSR count). The van der Waals surface area contributed by atoms with Crippen molar-refractivity contribution in [1.29, 1.82) is 0 Å². The maximum atomic E-state index is 12.8. The van der Waals surface area contributed by atoms with Gasteiger partial charge in [0.15, 0.2) is 5.78 Å². The molecule has 0 atom stereocenters. The molecule has 1 aliphatic carbocycles. The number of carbonyl (C=O) groups is 1. The van der Waals surface area contributed by atoms with E-state index in [9.17, 15) is 4.79 Å². The Balaban J connectivity index is 1.96. The van der Waals surface area contributed by atoms with E-state index < -0.39 is 0 Å². The van der Waals surface area contributed by atoms with Crippen LogP contribution in [0.5, 0.6) is 0 Å². The van der Waals surface area contributed by atoms with Crippen LogP contribution in [-0.2, 0) is 0 Å². The summed E-state index contributed by atoms with van der Waals surface area (Å²) in [6.07, 6.45) is 7.14. The number of carbonyl (C=O) groups excluding carboxylic acids is 1. The standard InChI is InChI=1S/C18H20O/c19-18(15-9-3-1-2-4-10-15)17-13-7-11-14-8-5-6-12-16(14)17/h5-8,11-13,15H,1-4,9-10H2. The number of ketones is 1. The van der Waals surface area contributed by atoms with Gasteiger partial charge in [-0.15, -0.1) is 0 Å². The molecule has 1 saturated carbocycles. The van der Waals surface area contributed by atoms with Crippen LogP contribution in [0, 0.1) is 5.92 Å². The largest absolute Gasteiger partial charge is 0.294 e. The number of hydrogen-bond donors (Lipinski definition) is 0. The number of rotatable bonds is 2. The van der Waals surface area contributed by atoms with Crippen molar-refractivity contribution in [2.45, 2.75) is 38.5 Å². The number of benzene rings is 2. The molecule has 0 amide bonds. The Labute approximate surface area is 114 Å². The highest BCUT2D eigenvalue weighted by Crippen LogP contribution is 2.28. The topological polar surface area (TPSA) is 17.1 Å². The van der Waals surface area contributed by atoms with Gasteiger partial charge in [-0.05, 0) is 23.6 Å². The van der Waals surface area contributed by atoms with Gasteiger partial charge in [-0.25, -0.2) is 0 Å². The van der Waals surface area contributed by atoms with Crippen molar-refractivity contribution in [2.24, 2.45) is 5.92 Å². The average molecular weight is 252 g/mol. The minimum absolute atomic E-state index is 0.244. The van der Waals surface area contributed by atoms with Gasteiger partial charge in [-0.3, -0.25) is 4.79 Å². The first-order chi connectivity index (χ1) is 9.36. The van der Waals surface area contributed by atoms with E-state index in [1.54, 1.807) is 0 Å². The summed E-state index contributed by atoms with van der Waals surface area (Å²) < 4.78 is 0. The van der Waals surface area contributed by atoms with Crippen molar-refractivity contribution >= 4 is 16.6 Å². The molecule has 0 radical (unpaired) electrons. The van der Waals surface area contributed by atoms with E-state index in [1.165, 1.54) is 31.1 Å². The molecule has 0 N–H and O–H groups in total. The molecule has 1 heteroatoms. The van der Waals surface area contributed by atoms with Crippen molar-refractivity contribution in [3.05, 3.63) is 48.0 Å². The van der Waals surface area contributed by atoms with Crippen molar-refractivity contribution in [3.63, 3.8) is 0 Å². The first kappa shape index (κ1) is 12.4. The number of Topliss-reactive ketones (excluding diaryl/α,β-unsaturated/α-hetero) is 1. The van der Waals surface area contributed by atoms with Gasteiger partial charge in [-0.2, -0.15) is 0 Å². The Bertz CT molecular complexity index is 572. The zero-order valence-electron chi connectivity index (χ0n) is 11.3. The van der Waals surface area contributed by atoms with Gasteiger partial charge >= 0.3 is 0 Å². The lowest BCUT2D eigenvalue weighted by molar-refractivity contribution is 0.0909. The third kappa shape index (κ3) is 2.56. The molecule has 1 fully saturated rings. The summed E-state index contributed by atoms with van der Waals surface area (Å²) in [6, 6.07) is 14.3. The van der Waals surface area contributed by atoms with E-state index in [0.717, 1.165) is 23.8 Å². The molecule has 0 spiro atoms. The van der Waals surface area contributed by atoms with Gasteiger partial charge in [-0.1, -0.05) is 68.1 Å². The molecule has 19 heavy (non-hydrogen) atoms. The van der Waals surface area contributed by atoms with E-state index in [4.69, 9.17) is 0 Å². The zero-order chi connectivity index (χ0) is 13.1. The Kier molecular flexibility index (Phi) is 3.63. The van der Waals surface area contributed by atoms with Crippen molar-refractivity contribution in [1.82, 2.24) is 0 Å². The van der Waals surface area contributed by atoms with Crippen LogP contribution in [-0.4, -0.2) is 5.78 Å². The molecule has 0 aromatic heterocycles. The molecule has 0 heterocycles. The summed E-state index contributed by atoms with van der Waals surface area (Å²) >= 11 is 0. The van der Waals surface area contributed by atoms with Crippen LogP contribution >= 0.6 is 0 Å². The van der Waals surface area contributed by atoms with Crippen molar-refractivity contribution in [3.8, 4) is 0 Å². The van der Waals surface area contributed by atoms with Crippen LogP contribution in [0.15, 0.2) is 42.5 Å². The summed E-state index contributed by atoms with van der Waals surface area (Å²) in [4.78, 5) is 12.8. The Hall–Kier alpha value is -1.63. The third-order valence-corrected chi connectivity index (χ3v) is 4.28. The van der Waals surface area contributed by atoms with Crippen LogP contribution < -0.4 is 0 Å². The second kappa shape index (κ2) is 5.56. The van der Waals surface area contributed by atoms with Gasteiger partial charge in [0.2, 0.25) is 0 Å². The molecule has 0 bridgehead atoms. The summed E-state index contributed by atoms with van der Waals surface area (Å²) in [5, 5.41) is 2.28. The summed E-state index contributed by atoms with van der Waals surface area (Å²) in [5.41, 5.74) is 0.921. The third-order valence-electron chi connectivity index (χ3n) is 4.28. The van der Waals surface area contributed by atoms with E-state index in [1.807, 2.05) is 24.3 Å². The Morgan fingerprint density at radius 3 is 2.32 bits per heavy atom. The van der Waals surface area contributed by atoms with Crippen LogP contribution in [0.25, 0.3) is 10.8 Å². The minimum Gasteiger partial charge on any atom is -0.294 e. The Morgan fingerprint density at radius 2 is 1.53 bits per heavy atom. The van der Waals surface area contributed by atoms with Gasteiger partial charge < -0.3 is 0 Å². The number of fused-ring (bicyclic) bond motifs is 1. The molecule has 2 aromatic rings. The van der Waals surface area contributed by atoms with Crippen LogP contribution in [0.4, 0.5) is 0 Å². The molecule has 1 nitrogen and oxygen atoms in total. The second-order valence-corrected chi connectivity index (χ2v) is 5.58. The molecule has 1 aliphatic rings. The lowest BCUT2D eigenvalue weighted by Gasteiger charge is -2.14.